The lowest BCUT2D eigenvalue weighted by Crippen LogP contribution is -2.04. The molecule has 3 aromatic carbocycles. The van der Waals surface area contributed by atoms with Crippen molar-refractivity contribution in [2.24, 2.45) is 0 Å². The minimum absolute atomic E-state index is 0.186. The second-order valence-corrected chi connectivity index (χ2v) is 7.39. The highest BCUT2D eigenvalue weighted by molar-refractivity contribution is 5.45. The van der Waals surface area contributed by atoms with Crippen LogP contribution in [-0.2, 0) is 0 Å². The summed E-state index contributed by atoms with van der Waals surface area (Å²) < 4.78 is 11.7. The number of unbranched alkanes of at least 4 members (excludes halogenated alkanes) is 2. The van der Waals surface area contributed by atoms with Gasteiger partial charge in [0.2, 0.25) is 0 Å². The Morgan fingerprint density at radius 3 is 1.38 bits per heavy atom. The molecule has 3 aromatic rings. The second kappa shape index (κ2) is 11.3. The topological polar surface area (TPSA) is 18.5 Å². The predicted octanol–water partition coefficient (Wildman–Crippen LogP) is 7.22. The molecule has 0 N–H and O–H groups in total. The normalized spacial score (nSPS) is 10.9. The van der Waals surface area contributed by atoms with Crippen LogP contribution in [0.15, 0.2) is 78.9 Å². The van der Waals surface area contributed by atoms with Gasteiger partial charge in [-0.1, -0.05) is 81.3 Å². The molecule has 0 saturated heterocycles. The zero-order valence-corrected chi connectivity index (χ0v) is 17.6. The Hall–Kier alpha value is -2.74. The van der Waals surface area contributed by atoms with Crippen molar-refractivity contribution in [1.29, 1.82) is 0 Å². The smallest absolute Gasteiger partial charge is 0.119 e. The summed E-state index contributed by atoms with van der Waals surface area (Å²) in [5.41, 5.74) is 3.81. The van der Waals surface area contributed by atoms with Crippen LogP contribution < -0.4 is 9.47 Å². The summed E-state index contributed by atoms with van der Waals surface area (Å²) in [6.07, 6.45) is 4.46. The lowest BCUT2D eigenvalue weighted by molar-refractivity contribution is 0.309. The molecule has 0 aliphatic heterocycles. The molecule has 2 nitrogen and oxygen atoms in total. The van der Waals surface area contributed by atoms with Crippen molar-refractivity contribution in [3.8, 4) is 11.5 Å². The van der Waals surface area contributed by atoms with Crippen molar-refractivity contribution < 1.29 is 9.47 Å². The molecule has 0 aliphatic rings. The second-order valence-electron chi connectivity index (χ2n) is 7.39. The Morgan fingerprint density at radius 2 is 0.966 bits per heavy atom. The average Bonchev–Trinajstić information content (AvgIpc) is 2.77. The van der Waals surface area contributed by atoms with Crippen molar-refractivity contribution >= 4 is 0 Å². The third kappa shape index (κ3) is 6.12. The quantitative estimate of drug-likeness (QED) is 0.255. The van der Waals surface area contributed by atoms with Crippen LogP contribution in [0.1, 0.15) is 62.1 Å². The molecule has 0 spiro atoms. The molecular formula is C27H32O2. The van der Waals surface area contributed by atoms with Gasteiger partial charge in [-0.05, 0) is 53.8 Å². The van der Waals surface area contributed by atoms with Gasteiger partial charge in [-0.3, -0.25) is 0 Å². The summed E-state index contributed by atoms with van der Waals surface area (Å²) in [5, 5.41) is 0. The van der Waals surface area contributed by atoms with Gasteiger partial charge in [0, 0.05) is 5.92 Å². The Morgan fingerprint density at radius 1 is 0.552 bits per heavy atom. The standard InChI is InChI=1S/C27H32O2/c1-3-5-20-28-25-16-12-23(13-17-25)27(22-10-8-7-9-11-22)24-14-18-26(19-15-24)29-21-6-4-2/h7-19,27H,3-6,20-21H2,1-2H3. The first-order valence-electron chi connectivity index (χ1n) is 10.8. The van der Waals surface area contributed by atoms with Gasteiger partial charge in [-0.2, -0.15) is 0 Å². The van der Waals surface area contributed by atoms with E-state index in [-0.39, 0.29) is 5.92 Å². The monoisotopic (exact) mass is 388 g/mol. The van der Waals surface area contributed by atoms with Crippen LogP contribution in [-0.4, -0.2) is 13.2 Å². The van der Waals surface area contributed by atoms with Gasteiger partial charge in [0.15, 0.2) is 0 Å². The third-order valence-corrected chi connectivity index (χ3v) is 5.09. The van der Waals surface area contributed by atoms with Gasteiger partial charge in [0.25, 0.3) is 0 Å². The highest BCUT2D eigenvalue weighted by Gasteiger charge is 2.17. The van der Waals surface area contributed by atoms with Crippen LogP contribution in [0.4, 0.5) is 0 Å². The summed E-state index contributed by atoms with van der Waals surface area (Å²) in [5.74, 6) is 2.06. The zero-order valence-electron chi connectivity index (χ0n) is 17.6. The van der Waals surface area contributed by atoms with E-state index in [2.05, 4.69) is 92.7 Å². The predicted molar refractivity (Wildman–Crippen MR) is 121 cm³/mol. The van der Waals surface area contributed by atoms with E-state index in [9.17, 15) is 0 Å². The lowest BCUT2D eigenvalue weighted by atomic mass is 9.85. The zero-order chi connectivity index (χ0) is 20.3. The van der Waals surface area contributed by atoms with Gasteiger partial charge in [0.05, 0.1) is 13.2 Å². The number of hydrogen-bond acceptors (Lipinski definition) is 2. The molecule has 0 aliphatic carbocycles. The van der Waals surface area contributed by atoms with Gasteiger partial charge < -0.3 is 9.47 Å². The number of ether oxygens (including phenoxy) is 2. The van der Waals surface area contributed by atoms with Crippen molar-refractivity contribution in [2.75, 3.05) is 13.2 Å². The third-order valence-electron chi connectivity index (χ3n) is 5.09. The maximum absolute atomic E-state index is 5.84. The summed E-state index contributed by atoms with van der Waals surface area (Å²) in [6.45, 7) is 5.91. The van der Waals surface area contributed by atoms with E-state index in [1.165, 1.54) is 16.7 Å². The lowest BCUT2D eigenvalue weighted by Gasteiger charge is -2.20. The Bertz CT molecular complexity index is 769. The first-order valence-corrected chi connectivity index (χ1v) is 10.8. The molecule has 2 heteroatoms. The van der Waals surface area contributed by atoms with Crippen LogP contribution in [0.25, 0.3) is 0 Å². The van der Waals surface area contributed by atoms with Gasteiger partial charge in [-0.15, -0.1) is 0 Å². The van der Waals surface area contributed by atoms with Gasteiger partial charge in [0.1, 0.15) is 11.5 Å². The van der Waals surface area contributed by atoms with Crippen molar-refractivity contribution in [1.82, 2.24) is 0 Å². The molecule has 29 heavy (non-hydrogen) atoms. The molecule has 0 amide bonds. The number of hydrogen-bond donors (Lipinski definition) is 0. The highest BCUT2D eigenvalue weighted by atomic mass is 16.5. The molecule has 3 rings (SSSR count). The fraction of sp³-hybridized carbons (Fsp3) is 0.333. The minimum atomic E-state index is 0.186. The van der Waals surface area contributed by atoms with Crippen LogP contribution >= 0.6 is 0 Å². The maximum atomic E-state index is 5.84. The SMILES string of the molecule is CCCCOc1ccc(C(c2ccccc2)c2ccc(OCCCC)cc2)cc1. The van der Waals surface area contributed by atoms with E-state index >= 15 is 0 Å². The maximum Gasteiger partial charge on any atom is 0.119 e. The first-order chi connectivity index (χ1) is 14.3. The highest BCUT2D eigenvalue weighted by Crippen LogP contribution is 2.33. The molecule has 0 unspecified atom stereocenters. The summed E-state index contributed by atoms with van der Waals surface area (Å²) in [4.78, 5) is 0. The molecule has 0 bridgehead atoms. The molecule has 0 heterocycles. The van der Waals surface area contributed by atoms with E-state index < -0.39 is 0 Å². The van der Waals surface area contributed by atoms with Crippen LogP contribution in [0.5, 0.6) is 11.5 Å². The first kappa shape index (κ1) is 21.0. The van der Waals surface area contributed by atoms with Crippen molar-refractivity contribution in [3.05, 3.63) is 95.6 Å². The van der Waals surface area contributed by atoms with Crippen molar-refractivity contribution in [2.45, 2.75) is 45.4 Å². The van der Waals surface area contributed by atoms with Gasteiger partial charge in [-0.25, -0.2) is 0 Å². The molecule has 0 radical (unpaired) electrons. The average molecular weight is 389 g/mol. The fourth-order valence-corrected chi connectivity index (χ4v) is 3.40. The fourth-order valence-electron chi connectivity index (χ4n) is 3.40. The summed E-state index contributed by atoms with van der Waals surface area (Å²) >= 11 is 0. The largest absolute Gasteiger partial charge is 0.494 e. The van der Waals surface area contributed by atoms with E-state index in [0.717, 1.165) is 50.4 Å². The van der Waals surface area contributed by atoms with E-state index in [1.54, 1.807) is 0 Å². The molecule has 152 valence electrons. The Kier molecular flexibility index (Phi) is 8.18. The number of benzene rings is 3. The summed E-state index contributed by atoms with van der Waals surface area (Å²) in [6, 6.07) is 27.8. The summed E-state index contributed by atoms with van der Waals surface area (Å²) in [7, 11) is 0. The molecule has 0 aromatic heterocycles. The van der Waals surface area contributed by atoms with Crippen LogP contribution in [0, 0.1) is 0 Å². The minimum Gasteiger partial charge on any atom is -0.494 e. The van der Waals surface area contributed by atoms with Gasteiger partial charge >= 0.3 is 0 Å². The number of rotatable bonds is 11. The molecule has 0 fully saturated rings. The van der Waals surface area contributed by atoms with Crippen molar-refractivity contribution in [3.63, 3.8) is 0 Å². The molecule has 0 saturated carbocycles. The van der Waals surface area contributed by atoms with E-state index in [1.807, 2.05) is 0 Å². The van der Waals surface area contributed by atoms with Crippen LogP contribution in [0.2, 0.25) is 0 Å². The Balaban J connectivity index is 1.82. The van der Waals surface area contributed by atoms with Crippen LogP contribution in [0.3, 0.4) is 0 Å². The molecular weight excluding hydrogens is 356 g/mol. The van der Waals surface area contributed by atoms with E-state index in [4.69, 9.17) is 9.47 Å². The van der Waals surface area contributed by atoms with E-state index in [0.29, 0.717) is 0 Å². The Labute approximate surface area is 175 Å². The molecule has 0 atom stereocenters.